The van der Waals surface area contributed by atoms with Crippen molar-refractivity contribution in [2.75, 3.05) is 13.1 Å². The second-order valence-electron chi connectivity index (χ2n) is 10.7. The molecule has 0 fully saturated rings. The summed E-state index contributed by atoms with van der Waals surface area (Å²) in [7, 11) is 0. The fraction of sp³-hybridized carbons (Fsp3) is 0.750. The summed E-state index contributed by atoms with van der Waals surface area (Å²) >= 11 is 0. The highest BCUT2D eigenvalue weighted by molar-refractivity contribution is 6.02. The van der Waals surface area contributed by atoms with Crippen molar-refractivity contribution in [3.8, 4) is 0 Å². The Labute approximate surface area is 206 Å². The second-order valence-corrected chi connectivity index (χ2v) is 10.7. The van der Waals surface area contributed by atoms with Gasteiger partial charge in [0.05, 0.1) is 6.54 Å². The molecule has 35 heavy (non-hydrogen) atoms. The van der Waals surface area contributed by atoms with Gasteiger partial charge in [0.15, 0.2) is 0 Å². The Kier molecular flexibility index (Phi) is 12.6. The van der Waals surface area contributed by atoms with E-state index in [2.05, 4.69) is 5.32 Å². The molecule has 0 spiro atoms. The topological polar surface area (TPSA) is 156 Å². The lowest BCUT2D eigenvalue weighted by Crippen LogP contribution is -2.50. The van der Waals surface area contributed by atoms with Gasteiger partial charge in [0.2, 0.25) is 11.8 Å². The maximum Gasteiger partial charge on any atom is 0.326 e. The zero-order valence-electron chi connectivity index (χ0n) is 22.0. The normalized spacial score (nSPS) is 13.4. The minimum atomic E-state index is -1.44. The number of carboxylic acid groups (broad SMARTS) is 1. The van der Waals surface area contributed by atoms with Crippen LogP contribution < -0.4 is 5.32 Å². The van der Waals surface area contributed by atoms with E-state index < -0.39 is 66.0 Å². The maximum absolute atomic E-state index is 13.2. The standard InChI is InChI=1S/C24H40N2O9/c1-15(2)13-16(21(31)26(11-12-27)14-19(29)35-24(6,7)8)20(30)25-17(22(32)33)9-10-18(28)34-23(3,4)5/h12,15-17H,9-11,13-14H2,1-8H3,(H,25,30)(H,32,33). The van der Waals surface area contributed by atoms with Crippen LogP contribution in [0.5, 0.6) is 0 Å². The molecule has 200 valence electrons. The zero-order chi connectivity index (χ0) is 27.6. The molecule has 0 aliphatic rings. The summed E-state index contributed by atoms with van der Waals surface area (Å²) in [6.45, 7) is 12.5. The molecule has 0 aromatic heterocycles. The van der Waals surface area contributed by atoms with Crippen molar-refractivity contribution < 1.29 is 43.3 Å². The first kappa shape index (κ1) is 32.0. The van der Waals surface area contributed by atoms with E-state index in [-0.39, 0.29) is 25.2 Å². The number of esters is 2. The van der Waals surface area contributed by atoms with Gasteiger partial charge in [-0.2, -0.15) is 0 Å². The number of hydrogen-bond acceptors (Lipinski definition) is 8. The van der Waals surface area contributed by atoms with Gasteiger partial charge in [-0.25, -0.2) is 4.79 Å². The van der Waals surface area contributed by atoms with Crippen LogP contribution in [0, 0.1) is 11.8 Å². The summed E-state index contributed by atoms with van der Waals surface area (Å²) in [5.41, 5.74) is -1.56. The summed E-state index contributed by atoms with van der Waals surface area (Å²) < 4.78 is 10.4. The van der Waals surface area contributed by atoms with E-state index in [1.807, 2.05) is 0 Å². The Morgan fingerprint density at radius 1 is 0.943 bits per heavy atom. The largest absolute Gasteiger partial charge is 0.480 e. The number of nitrogens with zero attached hydrogens (tertiary/aromatic N) is 1. The minimum absolute atomic E-state index is 0.0484. The van der Waals surface area contributed by atoms with E-state index in [0.29, 0.717) is 6.29 Å². The molecule has 0 aliphatic heterocycles. The molecule has 0 heterocycles. The van der Waals surface area contributed by atoms with Gasteiger partial charge in [-0.3, -0.25) is 19.2 Å². The van der Waals surface area contributed by atoms with Crippen LogP contribution in [0.3, 0.4) is 0 Å². The summed E-state index contributed by atoms with van der Waals surface area (Å²) in [5, 5.41) is 11.8. The lowest BCUT2D eigenvalue weighted by atomic mass is 9.94. The van der Waals surface area contributed by atoms with Crippen LogP contribution in [0.15, 0.2) is 0 Å². The lowest BCUT2D eigenvalue weighted by molar-refractivity contribution is -0.160. The number of carbonyl (C=O) groups excluding carboxylic acids is 5. The monoisotopic (exact) mass is 500 g/mol. The second kappa shape index (κ2) is 13.8. The molecule has 2 unspecified atom stereocenters. The molecule has 0 aromatic carbocycles. The molecule has 0 saturated heterocycles. The zero-order valence-corrected chi connectivity index (χ0v) is 22.0. The number of aliphatic carboxylic acids is 1. The van der Waals surface area contributed by atoms with Gasteiger partial charge >= 0.3 is 17.9 Å². The summed E-state index contributed by atoms with van der Waals surface area (Å²) in [5.74, 6) is -5.92. The molecule has 0 saturated carbocycles. The van der Waals surface area contributed by atoms with Crippen LogP contribution in [0.4, 0.5) is 0 Å². The highest BCUT2D eigenvalue weighted by Gasteiger charge is 2.35. The molecule has 0 aromatic rings. The van der Waals surface area contributed by atoms with Gasteiger partial charge < -0.3 is 29.6 Å². The molecule has 11 heteroatoms. The summed E-state index contributed by atoms with van der Waals surface area (Å²) in [6, 6.07) is -1.44. The number of nitrogens with one attached hydrogen (secondary N) is 1. The van der Waals surface area contributed by atoms with E-state index >= 15 is 0 Å². The first-order valence-corrected chi connectivity index (χ1v) is 11.6. The molecule has 0 bridgehead atoms. The van der Waals surface area contributed by atoms with Gasteiger partial charge in [-0.05, 0) is 60.3 Å². The third-order valence-electron chi connectivity index (χ3n) is 4.34. The van der Waals surface area contributed by atoms with E-state index in [1.165, 1.54) is 0 Å². The fourth-order valence-electron chi connectivity index (χ4n) is 3.05. The average Bonchev–Trinajstić information content (AvgIpc) is 2.65. The number of ether oxygens (including phenoxy) is 2. The molecular formula is C24H40N2O9. The maximum atomic E-state index is 13.2. The highest BCUT2D eigenvalue weighted by atomic mass is 16.6. The average molecular weight is 501 g/mol. The van der Waals surface area contributed by atoms with Crippen molar-refractivity contribution in [2.45, 2.75) is 91.9 Å². The smallest absolute Gasteiger partial charge is 0.326 e. The molecule has 11 nitrogen and oxygen atoms in total. The Morgan fingerprint density at radius 2 is 1.46 bits per heavy atom. The van der Waals surface area contributed by atoms with E-state index in [1.54, 1.807) is 55.4 Å². The Balaban J connectivity index is 5.58. The fourth-order valence-corrected chi connectivity index (χ4v) is 3.05. The van der Waals surface area contributed by atoms with Crippen LogP contribution >= 0.6 is 0 Å². The number of aldehydes is 1. The van der Waals surface area contributed by atoms with Gasteiger partial charge in [-0.1, -0.05) is 13.8 Å². The minimum Gasteiger partial charge on any atom is -0.480 e. The predicted octanol–water partition coefficient (Wildman–Crippen LogP) is 1.71. The van der Waals surface area contributed by atoms with Crippen molar-refractivity contribution in [3.63, 3.8) is 0 Å². The SMILES string of the molecule is CC(C)CC(C(=O)NC(CCC(=O)OC(C)(C)C)C(=O)O)C(=O)N(CC=O)CC(=O)OC(C)(C)C. The quantitative estimate of drug-likeness (QED) is 0.218. The van der Waals surface area contributed by atoms with Crippen LogP contribution in [0.1, 0.15) is 74.7 Å². The van der Waals surface area contributed by atoms with Crippen LogP contribution in [0.2, 0.25) is 0 Å². The lowest BCUT2D eigenvalue weighted by Gasteiger charge is -2.28. The van der Waals surface area contributed by atoms with E-state index in [0.717, 1.165) is 4.90 Å². The Bertz CT molecular complexity index is 779. The highest BCUT2D eigenvalue weighted by Crippen LogP contribution is 2.17. The number of carbonyl (C=O) groups is 6. The van der Waals surface area contributed by atoms with E-state index in [9.17, 15) is 33.9 Å². The summed E-state index contributed by atoms with van der Waals surface area (Å²) in [6.07, 6.45) is -0.0258. The van der Waals surface area contributed by atoms with Gasteiger partial charge in [0, 0.05) is 6.42 Å². The third-order valence-corrected chi connectivity index (χ3v) is 4.34. The molecule has 2 atom stereocenters. The van der Waals surface area contributed by atoms with Crippen LogP contribution in [-0.2, 0) is 38.2 Å². The van der Waals surface area contributed by atoms with Crippen LogP contribution in [-0.4, -0.2) is 76.3 Å². The number of carboxylic acids is 1. The molecule has 2 amide bonds. The van der Waals surface area contributed by atoms with Gasteiger partial charge in [-0.15, -0.1) is 0 Å². The number of rotatable bonds is 13. The Morgan fingerprint density at radius 3 is 1.89 bits per heavy atom. The van der Waals surface area contributed by atoms with Crippen molar-refractivity contribution in [1.82, 2.24) is 10.2 Å². The van der Waals surface area contributed by atoms with E-state index in [4.69, 9.17) is 9.47 Å². The van der Waals surface area contributed by atoms with Crippen molar-refractivity contribution >= 4 is 36.0 Å². The van der Waals surface area contributed by atoms with Gasteiger partial charge in [0.25, 0.3) is 0 Å². The molecular weight excluding hydrogens is 460 g/mol. The first-order valence-electron chi connectivity index (χ1n) is 11.6. The van der Waals surface area contributed by atoms with Crippen molar-refractivity contribution in [3.05, 3.63) is 0 Å². The Hall–Kier alpha value is -2.98. The van der Waals surface area contributed by atoms with Crippen molar-refractivity contribution in [2.24, 2.45) is 11.8 Å². The van der Waals surface area contributed by atoms with Crippen molar-refractivity contribution in [1.29, 1.82) is 0 Å². The molecule has 0 radical (unpaired) electrons. The predicted molar refractivity (Wildman–Crippen MR) is 126 cm³/mol. The first-order chi connectivity index (χ1) is 15.9. The number of hydrogen-bond donors (Lipinski definition) is 2. The van der Waals surface area contributed by atoms with Crippen LogP contribution in [0.25, 0.3) is 0 Å². The molecule has 2 N–H and O–H groups in total. The van der Waals surface area contributed by atoms with Gasteiger partial charge in [0.1, 0.15) is 36.0 Å². The molecule has 0 rings (SSSR count). The molecule has 0 aliphatic carbocycles. The number of amides is 2. The third kappa shape index (κ3) is 14.1. The summed E-state index contributed by atoms with van der Waals surface area (Å²) in [4.78, 5) is 74.1.